The Bertz CT molecular complexity index is 734. The molecule has 0 saturated heterocycles. The number of methoxy groups -OCH3 is 1. The van der Waals surface area contributed by atoms with Crippen molar-refractivity contribution in [3.8, 4) is 5.88 Å². The molecule has 1 aromatic heterocycles. The van der Waals surface area contributed by atoms with Crippen molar-refractivity contribution in [1.29, 1.82) is 0 Å². The van der Waals surface area contributed by atoms with Crippen molar-refractivity contribution in [3.63, 3.8) is 0 Å². The van der Waals surface area contributed by atoms with Gasteiger partial charge in [-0.3, -0.25) is 4.79 Å². The molecule has 0 N–H and O–H groups in total. The van der Waals surface area contributed by atoms with Gasteiger partial charge in [-0.15, -0.1) is 0 Å². The fraction of sp³-hybridized carbons (Fsp3) is 0.368. The Morgan fingerprint density at radius 1 is 1.20 bits per heavy atom. The molecule has 0 fully saturated rings. The minimum atomic E-state index is -0.294. The number of hydrogen-bond acceptors (Lipinski definition) is 4. The second-order valence-corrected chi connectivity index (χ2v) is 5.97. The quantitative estimate of drug-likeness (QED) is 0.755. The van der Waals surface area contributed by atoms with Crippen LogP contribution in [0.2, 0.25) is 0 Å². The summed E-state index contributed by atoms with van der Waals surface area (Å²) in [6.07, 6.45) is 0.979. The number of nitrogens with zero attached hydrogens (tertiary/aromatic N) is 2. The van der Waals surface area contributed by atoms with Crippen molar-refractivity contribution in [2.75, 3.05) is 26.9 Å². The second kappa shape index (κ2) is 8.07. The third-order valence-corrected chi connectivity index (χ3v) is 4.18. The smallest absolute Gasteiger partial charge is 0.227 e. The van der Waals surface area contributed by atoms with Crippen LogP contribution in [0.25, 0.3) is 0 Å². The number of rotatable bonds is 6. The Balaban J connectivity index is 1.60. The maximum atomic E-state index is 13.0. The summed E-state index contributed by atoms with van der Waals surface area (Å²) < 4.78 is 23.4. The van der Waals surface area contributed by atoms with E-state index in [1.165, 1.54) is 12.1 Å². The molecule has 1 aliphatic heterocycles. The lowest BCUT2D eigenvalue weighted by Gasteiger charge is -2.28. The van der Waals surface area contributed by atoms with Gasteiger partial charge in [0.2, 0.25) is 11.8 Å². The molecule has 25 heavy (non-hydrogen) atoms. The topological polar surface area (TPSA) is 51.7 Å². The Labute approximate surface area is 146 Å². The van der Waals surface area contributed by atoms with Crippen LogP contribution < -0.4 is 4.74 Å². The lowest BCUT2D eigenvalue weighted by atomic mass is 10.0. The highest BCUT2D eigenvalue weighted by molar-refractivity contribution is 5.79. The average Bonchev–Trinajstić information content (AvgIpc) is 2.63. The van der Waals surface area contributed by atoms with Gasteiger partial charge >= 0.3 is 0 Å². The minimum absolute atomic E-state index is 0.0395. The number of carbonyl (C=O) groups is 1. The first-order chi connectivity index (χ1) is 12.2. The molecule has 0 bridgehead atoms. The van der Waals surface area contributed by atoms with E-state index in [0.29, 0.717) is 38.6 Å². The van der Waals surface area contributed by atoms with Gasteiger partial charge in [-0.2, -0.15) is 0 Å². The van der Waals surface area contributed by atoms with Crippen LogP contribution in [0.4, 0.5) is 4.39 Å². The van der Waals surface area contributed by atoms with E-state index in [9.17, 15) is 9.18 Å². The number of halogens is 1. The molecule has 0 saturated carbocycles. The number of fused-ring (bicyclic) bond motifs is 1. The largest absolute Gasteiger partial charge is 0.475 e. The Morgan fingerprint density at radius 3 is 2.76 bits per heavy atom. The zero-order valence-electron chi connectivity index (χ0n) is 14.2. The standard InChI is InChI=1S/C19H21FN2O3/c1-24-10-11-25-18-7-4-15-13-22(9-8-17(15)21-18)19(23)12-14-2-5-16(20)6-3-14/h2-7H,8-13H2,1H3. The van der Waals surface area contributed by atoms with Crippen molar-refractivity contribution in [1.82, 2.24) is 9.88 Å². The number of ether oxygens (including phenoxy) is 2. The van der Waals surface area contributed by atoms with Gasteiger partial charge in [0.05, 0.1) is 18.7 Å². The molecular weight excluding hydrogens is 323 g/mol. The van der Waals surface area contributed by atoms with Crippen LogP contribution in [-0.2, 0) is 28.9 Å². The molecule has 132 valence electrons. The first-order valence-electron chi connectivity index (χ1n) is 8.28. The molecule has 1 aromatic carbocycles. The molecule has 0 aliphatic carbocycles. The van der Waals surface area contributed by atoms with Gasteiger partial charge in [0, 0.05) is 32.7 Å². The van der Waals surface area contributed by atoms with Crippen LogP contribution in [-0.4, -0.2) is 42.7 Å². The second-order valence-electron chi connectivity index (χ2n) is 5.97. The first-order valence-corrected chi connectivity index (χ1v) is 8.28. The fourth-order valence-electron chi connectivity index (χ4n) is 2.81. The molecule has 6 heteroatoms. The predicted molar refractivity (Wildman–Crippen MR) is 90.8 cm³/mol. The molecule has 2 heterocycles. The number of amides is 1. The molecule has 1 aliphatic rings. The summed E-state index contributed by atoms with van der Waals surface area (Å²) in [4.78, 5) is 18.8. The molecule has 5 nitrogen and oxygen atoms in total. The summed E-state index contributed by atoms with van der Waals surface area (Å²) in [6.45, 7) is 2.15. The van der Waals surface area contributed by atoms with Gasteiger partial charge in [0.1, 0.15) is 12.4 Å². The number of pyridine rings is 1. The summed E-state index contributed by atoms with van der Waals surface area (Å²) in [5, 5.41) is 0. The molecular formula is C19H21FN2O3. The highest BCUT2D eigenvalue weighted by Gasteiger charge is 2.22. The molecule has 0 atom stereocenters. The van der Waals surface area contributed by atoms with Crippen molar-refractivity contribution in [2.24, 2.45) is 0 Å². The van der Waals surface area contributed by atoms with E-state index >= 15 is 0 Å². The summed E-state index contributed by atoms with van der Waals surface area (Å²) in [5.41, 5.74) is 2.83. The summed E-state index contributed by atoms with van der Waals surface area (Å²) in [7, 11) is 1.63. The van der Waals surface area contributed by atoms with Gasteiger partial charge in [0.25, 0.3) is 0 Å². The van der Waals surface area contributed by atoms with E-state index in [1.54, 1.807) is 19.2 Å². The van der Waals surface area contributed by atoms with Gasteiger partial charge in [-0.05, 0) is 23.3 Å². The van der Waals surface area contributed by atoms with Gasteiger partial charge in [-0.1, -0.05) is 18.2 Å². The van der Waals surface area contributed by atoms with Gasteiger partial charge in [0.15, 0.2) is 0 Å². The lowest BCUT2D eigenvalue weighted by Crippen LogP contribution is -2.37. The van der Waals surface area contributed by atoms with E-state index in [1.807, 2.05) is 17.0 Å². The Hall–Kier alpha value is -2.47. The van der Waals surface area contributed by atoms with Crippen molar-refractivity contribution >= 4 is 5.91 Å². The number of aromatic nitrogens is 1. The molecule has 0 spiro atoms. The van der Waals surface area contributed by atoms with E-state index in [4.69, 9.17) is 9.47 Å². The van der Waals surface area contributed by atoms with Gasteiger partial charge < -0.3 is 14.4 Å². The fourth-order valence-corrected chi connectivity index (χ4v) is 2.81. The van der Waals surface area contributed by atoms with Crippen molar-refractivity contribution in [3.05, 3.63) is 59.0 Å². The van der Waals surface area contributed by atoms with E-state index in [2.05, 4.69) is 4.98 Å². The maximum Gasteiger partial charge on any atom is 0.227 e. The number of benzene rings is 1. The number of carbonyl (C=O) groups excluding carboxylic acids is 1. The third-order valence-electron chi connectivity index (χ3n) is 4.18. The maximum absolute atomic E-state index is 13.0. The number of hydrogen-bond donors (Lipinski definition) is 0. The van der Waals surface area contributed by atoms with Crippen molar-refractivity contribution in [2.45, 2.75) is 19.4 Å². The highest BCUT2D eigenvalue weighted by atomic mass is 19.1. The van der Waals surface area contributed by atoms with Gasteiger partial charge in [-0.25, -0.2) is 9.37 Å². The predicted octanol–water partition coefficient (Wildman–Crippen LogP) is 2.37. The molecule has 1 amide bonds. The highest BCUT2D eigenvalue weighted by Crippen LogP contribution is 2.21. The lowest BCUT2D eigenvalue weighted by molar-refractivity contribution is -0.131. The van der Waals surface area contributed by atoms with Crippen molar-refractivity contribution < 1.29 is 18.7 Å². The van der Waals surface area contributed by atoms with Crippen LogP contribution in [0.5, 0.6) is 5.88 Å². The summed E-state index contributed by atoms with van der Waals surface area (Å²) in [6, 6.07) is 9.84. The zero-order chi connectivity index (χ0) is 17.6. The average molecular weight is 344 g/mol. The summed E-state index contributed by atoms with van der Waals surface area (Å²) in [5.74, 6) is 0.331. The van der Waals surface area contributed by atoms with E-state index in [-0.39, 0.29) is 18.1 Å². The first kappa shape index (κ1) is 17.4. The van der Waals surface area contributed by atoms with Crippen LogP contribution >= 0.6 is 0 Å². The SMILES string of the molecule is COCCOc1ccc2c(n1)CCN(C(=O)Cc1ccc(F)cc1)C2. The normalized spacial score (nSPS) is 13.4. The molecule has 0 radical (unpaired) electrons. The van der Waals surface area contributed by atoms with Crippen LogP contribution in [0, 0.1) is 5.82 Å². The Morgan fingerprint density at radius 2 is 2.00 bits per heavy atom. The molecule has 0 unspecified atom stereocenters. The van der Waals surface area contributed by atoms with Crippen LogP contribution in [0.15, 0.2) is 36.4 Å². The van der Waals surface area contributed by atoms with Crippen LogP contribution in [0.3, 0.4) is 0 Å². The Kier molecular flexibility index (Phi) is 5.60. The zero-order valence-corrected chi connectivity index (χ0v) is 14.2. The molecule has 3 rings (SSSR count). The molecule has 2 aromatic rings. The third kappa shape index (κ3) is 4.54. The van der Waals surface area contributed by atoms with Crippen LogP contribution in [0.1, 0.15) is 16.8 Å². The minimum Gasteiger partial charge on any atom is -0.475 e. The monoisotopic (exact) mass is 344 g/mol. The van der Waals surface area contributed by atoms with E-state index < -0.39 is 0 Å². The summed E-state index contributed by atoms with van der Waals surface area (Å²) >= 11 is 0. The van der Waals surface area contributed by atoms with E-state index in [0.717, 1.165) is 16.8 Å².